The summed E-state index contributed by atoms with van der Waals surface area (Å²) in [7, 11) is 0. The smallest absolute Gasteiger partial charge is 0.170 e. The summed E-state index contributed by atoms with van der Waals surface area (Å²) < 4.78 is 4.80. The Morgan fingerprint density at radius 3 is 2.44 bits per heavy atom. The molecule has 1 heterocycles. The Bertz CT molecular complexity index is 457. The van der Waals surface area contributed by atoms with Crippen LogP contribution >= 0.6 is 0 Å². The fraction of sp³-hybridized carbons (Fsp3) is 0.308. The van der Waals surface area contributed by atoms with E-state index in [4.69, 9.17) is 10.3 Å². The molecule has 0 atom stereocenters. The quantitative estimate of drug-likeness (QED) is 0.858. The minimum absolute atomic E-state index is 0.480. The Kier molecular flexibility index (Phi) is 2.95. The number of nitrogens with two attached hydrogens (primary N) is 1. The summed E-state index contributed by atoms with van der Waals surface area (Å²) >= 11 is 0. The largest absolute Gasteiger partial charge is 0.381 e. The molecule has 84 valence electrons. The van der Waals surface area contributed by atoms with Gasteiger partial charge in [-0.1, -0.05) is 43.3 Å². The molecule has 0 aliphatic heterocycles. The number of nitrogen functional groups attached to an aromatic ring is 1. The molecule has 3 heteroatoms. The molecule has 16 heavy (non-hydrogen) atoms. The minimum atomic E-state index is 0.480. The van der Waals surface area contributed by atoms with Crippen LogP contribution in [0.15, 0.2) is 35.1 Å². The van der Waals surface area contributed by atoms with Crippen LogP contribution in [0, 0.1) is 0 Å². The highest BCUT2D eigenvalue weighted by Gasteiger charge is 2.05. The highest BCUT2D eigenvalue weighted by atomic mass is 16.5. The second kappa shape index (κ2) is 4.39. The average molecular weight is 216 g/mol. The van der Waals surface area contributed by atoms with Crippen molar-refractivity contribution in [1.29, 1.82) is 0 Å². The van der Waals surface area contributed by atoms with E-state index >= 15 is 0 Å². The zero-order chi connectivity index (χ0) is 11.5. The van der Waals surface area contributed by atoms with Crippen molar-refractivity contribution in [1.82, 2.24) is 5.16 Å². The van der Waals surface area contributed by atoms with Gasteiger partial charge in [0.25, 0.3) is 0 Å². The SMILES string of the molecule is CC(C)c1ccc(Cc2conc2N)cc1. The van der Waals surface area contributed by atoms with Gasteiger partial charge in [0.1, 0.15) is 6.26 Å². The van der Waals surface area contributed by atoms with E-state index in [9.17, 15) is 0 Å². The maximum atomic E-state index is 5.66. The molecular weight excluding hydrogens is 200 g/mol. The number of benzene rings is 1. The van der Waals surface area contributed by atoms with Gasteiger partial charge in [-0.15, -0.1) is 0 Å². The molecule has 2 N–H and O–H groups in total. The van der Waals surface area contributed by atoms with Crippen LogP contribution in [0.1, 0.15) is 36.5 Å². The Labute approximate surface area is 95.3 Å². The van der Waals surface area contributed by atoms with Gasteiger partial charge in [-0.05, 0) is 17.0 Å². The number of nitrogens with zero attached hydrogens (tertiary/aromatic N) is 1. The average Bonchev–Trinajstić information content (AvgIpc) is 2.65. The lowest BCUT2D eigenvalue weighted by Gasteiger charge is -2.06. The topological polar surface area (TPSA) is 52.0 Å². The van der Waals surface area contributed by atoms with Crippen LogP contribution in [-0.4, -0.2) is 5.16 Å². The summed E-state index contributed by atoms with van der Waals surface area (Å²) in [4.78, 5) is 0. The summed E-state index contributed by atoms with van der Waals surface area (Å²) in [6.07, 6.45) is 2.37. The van der Waals surface area contributed by atoms with E-state index in [-0.39, 0.29) is 0 Å². The van der Waals surface area contributed by atoms with Crippen LogP contribution in [0.2, 0.25) is 0 Å². The fourth-order valence-corrected chi connectivity index (χ4v) is 1.64. The standard InChI is InChI=1S/C13H16N2O/c1-9(2)11-5-3-10(4-6-11)7-12-8-16-15-13(12)14/h3-6,8-9H,7H2,1-2H3,(H2,14,15). The third kappa shape index (κ3) is 2.24. The molecule has 1 aromatic heterocycles. The van der Waals surface area contributed by atoms with Gasteiger partial charge in [-0.2, -0.15) is 0 Å². The summed E-state index contributed by atoms with van der Waals surface area (Å²) in [5.41, 5.74) is 9.17. The fourth-order valence-electron chi connectivity index (χ4n) is 1.64. The van der Waals surface area contributed by atoms with Gasteiger partial charge in [-0.25, -0.2) is 0 Å². The van der Waals surface area contributed by atoms with Gasteiger partial charge in [0.2, 0.25) is 0 Å². The maximum Gasteiger partial charge on any atom is 0.170 e. The summed E-state index contributed by atoms with van der Waals surface area (Å²) in [5, 5.41) is 3.66. The lowest BCUT2D eigenvalue weighted by Crippen LogP contribution is -1.94. The van der Waals surface area contributed by atoms with Crippen molar-refractivity contribution in [3.05, 3.63) is 47.2 Å². The van der Waals surface area contributed by atoms with Gasteiger partial charge in [0.05, 0.1) is 0 Å². The number of anilines is 1. The second-order valence-electron chi connectivity index (χ2n) is 4.30. The van der Waals surface area contributed by atoms with E-state index in [0.29, 0.717) is 11.7 Å². The van der Waals surface area contributed by atoms with Crippen LogP contribution < -0.4 is 5.73 Å². The molecule has 0 fully saturated rings. The molecule has 0 aliphatic rings. The number of aromatic nitrogens is 1. The molecule has 0 aliphatic carbocycles. The predicted molar refractivity (Wildman–Crippen MR) is 64.3 cm³/mol. The summed E-state index contributed by atoms with van der Waals surface area (Å²) in [6, 6.07) is 8.57. The summed E-state index contributed by atoms with van der Waals surface area (Å²) in [6.45, 7) is 4.37. The molecule has 0 bridgehead atoms. The van der Waals surface area contributed by atoms with Crippen molar-refractivity contribution < 1.29 is 4.52 Å². The van der Waals surface area contributed by atoms with Crippen molar-refractivity contribution >= 4 is 5.82 Å². The van der Waals surface area contributed by atoms with Gasteiger partial charge in [0, 0.05) is 12.0 Å². The number of hydrogen-bond donors (Lipinski definition) is 1. The first-order valence-corrected chi connectivity index (χ1v) is 5.44. The number of rotatable bonds is 3. The van der Waals surface area contributed by atoms with Crippen LogP contribution in [0.5, 0.6) is 0 Å². The van der Waals surface area contributed by atoms with Crippen molar-refractivity contribution in [3.63, 3.8) is 0 Å². The zero-order valence-electron chi connectivity index (χ0n) is 9.60. The maximum absolute atomic E-state index is 5.66. The van der Waals surface area contributed by atoms with Gasteiger partial charge >= 0.3 is 0 Å². The minimum Gasteiger partial charge on any atom is -0.381 e. The normalized spacial score (nSPS) is 10.9. The molecule has 0 radical (unpaired) electrons. The first-order chi connectivity index (χ1) is 7.66. The van der Waals surface area contributed by atoms with Crippen LogP contribution in [0.25, 0.3) is 0 Å². The lowest BCUT2D eigenvalue weighted by molar-refractivity contribution is 0.422. The monoisotopic (exact) mass is 216 g/mol. The van der Waals surface area contributed by atoms with Crippen LogP contribution in [-0.2, 0) is 6.42 Å². The third-order valence-electron chi connectivity index (χ3n) is 2.72. The molecule has 0 spiro atoms. The molecule has 0 amide bonds. The van der Waals surface area contributed by atoms with E-state index in [1.54, 1.807) is 6.26 Å². The molecule has 0 saturated heterocycles. The van der Waals surface area contributed by atoms with Crippen molar-refractivity contribution in [3.8, 4) is 0 Å². The van der Waals surface area contributed by atoms with E-state index in [1.807, 2.05) is 0 Å². The molecule has 2 rings (SSSR count). The first kappa shape index (κ1) is 10.7. The molecule has 2 aromatic rings. The molecule has 3 nitrogen and oxygen atoms in total. The van der Waals surface area contributed by atoms with E-state index in [2.05, 4.69) is 43.3 Å². The lowest BCUT2D eigenvalue weighted by atomic mass is 10.00. The first-order valence-electron chi connectivity index (χ1n) is 5.44. The Balaban J connectivity index is 2.14. The van der Waals surface area contributed by atoms with E-state index < -0.39 is 0 Å². The molecule has 0 unspecified atom stereocenters. The van der Waals surface area contributed by atoms with E-state index in [1.165, 1.54) is 11.1 Å². The third-order valence-corrected chi connectivity index (χ3v) is 2.72. The Hall–Kier alpha value is -1.77. The van der Waals surface area contributed by atoms with Crippen molar-refractivity contribution in [2.45, 2.75) is 26.2 Å². The van der Waals surface area contributed by atoms with Crippen LogP contribution in [0.4, 0.5) is 5.82 Å². The number of hydrogen-bond acceptors (Lipinski definition) is 3. The van der Waals surface area contributed by atoms with Crippen molar-refractivity contribution in [2.75, 3.05) is 5.73 Å². The van der Waals surface area contributed by atoms with Gasteiger partial charge in [0.15, 0.2) is 5.82 Å². The van der Waals surface area contributed by atoms with Crippen molar-refractivity contribution in [2.24, 2.45) is 0 Å². The Morgan fingerprint density at radius 2 is 1.94 bits per heavy atom. The molecule has 1 aromatic carbocycles. The summed E-state index contributed by atoms with van der Waals surface area (Å²) in [5.74, 6) is 1.04. The predicted octanol–water partition coefficient (Wildman–Crippen LogP) is 2.97. The highest BCUT2D eigenvalue weighted by molar-refractivity contribution is 5.40. The van der Waals surface area contributed by atoms with Gasteiger partial charge in [-0.3, -0.25) is 0 Å². The molecule has 0 saturated carbocycles. The van der Waals surface area contributed by atoms with E-state index in [0.717, 1.165) is 12.0 Å². The van der Waals surface area contributed by atoms with Gasteiger partial charge < -0.3 is 10.3 Å². The Morgan fingerprint density at radius 1 is 1.25 bits per heavy atom. The van der Waals surface area contributed by atoms with Crippen LogP contribution in [0.3, 0.4) is 0 Å². The second-order valence-corrected chi connectivity index (χ2v) is 4.30. The molecular formula is C13H16N2O. The highest BCUT2D eigenvalue weighted by Crippen LogP contribution is 2.18. The zero-order valence-corrected chi connectivity index (χ0v) is 9.60.